The summed E-state index contributed by atoms with van der Waals surface area (Å²) in [5.74, 6) is 0.434. The highest BCUT2D eigenvalue weighted by molar-refractivity contribution is 5.91. The molecule has 0 aliphatic carbocycles. The van der Waals surface area contributed by atoms with Crippen molar-refractivity contribution in [1.29, 1.82) is 0 Å². The highest BCUT2D eigenvalue weighted by Crippen LogP contribution is 2.19. The molecule has 9 nitrogen and oxygen atoms in total. The van der Waals surface area contributed by atoms with Crippen LogP contribution in [0, 0.1) is 0 Å². The molecule has 0 fully saturated rings. The molecule has 0 aliphatic rings. The lowest BCUT2D eigenvalue weighted by Gasteiger charge is -2.09. The number of urea groups is 1. The molecule has 3 N–H and O–H groups in total. The lowest BCUT2D eigenvalue weighted by Crippen LogP contribution is -2.28. The summed E-state index contributed by atoms with van der Waals surface area (Å²) in [4.78, 5) is 36.6. The Bertz CT molecular complexity index is 1010. The number of benzene rings is 1. The second kappa shape index (κ2) is 8.76. The van der Waals surface area contributed by atoms with Crippen molar-refractivity contribution in [1.82, 2.24) is 20.3 Å². The minimum absolute atomic E-state index is 0.310. The van der Waals surface area contributed by atoms with Gasteiger partial charge in [-0.05, 0) is 44.2 Å². The zero-order valence-electron chi connectivity index (χ0n) is 15.5. The smallest absolute Gasteiger partial charge is 0.338 e. The van der Waals surface area contributed by atoms with Crippen molar-refractivity contribution < 1.29 is 14.3 Å². The molecule has 0 atom stereocenters. The van der Waals surface area contributed by atoms with Crippen LogP contribution in [0.15, 0.2) is 42.6 Å². The van der Waals surface area contributed by atoms with Crippen LogP contribution in [0.3, 0.4) is 0 Å². The molecule has 0 radical (unpaired) electrons. The van der Waals surface area contributed by atoms with Crippen molar-refractivity contribution in [3.8, 4) is 0 Å². The van der Waals surface area contributed by atoms with Gasteiger partial charge in [0.15, 0.2) is 11.5 Å². The highest BCUT2D eigenvalue weighted by atomic mass is 16.5. The number of fused-ring (bicyclic) bond motifs is 1. The number of hydrogen-bond acceptors (Lipinski definition) is 7. The quantitative estimate of drug-likeness (QED) is 0.562. The summed E-state index contributed by atoms with van der Waals surface area (Å²) < 4.78 is 5.01. The molecule has 2 aromatic heterocycles. The van der Waals surface area contributed by atoms with Crippen molar-refractivity contribution in [3.05, 3.63) is 48.2 Å². The van der Waals surface area contributed by atoms with Gasteiger partial charge in [-0.3, -0.25) is 5.32 Å². The first-order chi connectivity index (χ1) is 13.6. The van der Waals surface area contributed by atoms with Gasteiger partial charge in [0, 0.05) is 12.2 Å². The third-order valence-corrected chi connectivity index (χ3v) is 3.63. The first-order valence-electron chi connectivity index (χ1n) is 8.82. The first-order valence-corrected chi connectivity index (χ1v) is 8.82. The van der Waals surface area contributed by atoms with E-state index in [0.717, 1.165) is 0 Å². The lowest BCUT2D eigenvalue weighted by molar-refractivity contribution is 0.0526. The SMILES string of the molecule is CCNC(=O)Nc1ccc2ncc(Nc3cccc(C(=O)OCC)c3)nc2n1. The molecule has 0 spiro atoms. The van der Waals surface area contributed by atoms with Gasteiger partial charge < -0.3 is 15.4 Å². The number of carbonyl (C=O) groups excluding carboxylic acids is 2. The van der Waals surface area contributed by atoms with E-state index in [1.807, 2.05) is 6.92 Å². The highest BCUT2D eigenvalue weighted by Gasteiger charge is 2.09. The van der Waals surface area contributed by atoms with Crippen LogP contribution >= 0.6 is 0 Å². The Hall–Kier alpha value is -3.75. The predicted molar refractivity (Wildman–Crippen MR) is 106 cm³/mol. The molecular formula is C19H20N6O3. The Morgan fingerprint density at radius 2 is 1.89 bits per heavy atom. The molecule has 1 aromatic carbocycles. The van der Waals surface area contributed by atoms with Gasteiger partial charge in [0.2, 0.25) is 0 Å². The van der Waals surface area contributed by atoms with Crippen LogP contribution in [0.5, 0.6) is 0 Å². The number of anilines is 3. The van der Waals surface area contributed by atoms with Gasteiger partial charge in [-0.15, -0.1) is 0 Å². The molecule has 0 saturated heterocycles. The fourth-order valence-corrected chi connectivity index (χ4v) is 2.43. The van der Waals surface area contributed by atoms with Gasteiger partial charge in [-0.25, -0.2) is 24.5 Å². The van der Waals surface area contributed by atoms with E-state index in [1.54, 1.807) is 49.5 Å². The zero-order chi connectivity index (χ0) is 19.9. The number of pyridine rings is 1. The molecular weight excluding hydrogens is 360 g/mol. The van der Waals surface area contributed by atoms with Crippen LogP contribution in [0.4, 0.5) is 22.1 Å². The number of nitrogens with zero attached hydrogens (tertiary/aromatic N) is 3. The zero-order valence-corrected chi connectivity index (χ0v) is 15.5. The second-order valence-corrected chi connectivity index (χ2v) is 5.71. The predicted octanol–water partition coefficient (Wildman–Crippen LogP) is 3.09. The van der Waals surface area contributed by atoms with E-state index in [4.69, 9.17) is 4.74 Å². The van der Waals surface area contributed by atoms with E-state index in [-0.39, 0.29) is 6.03 Å². The Balaban J connectivity index is 1.81. The molecule has 2 heterocycles. The fraction of sp³-hybridized carbons (Fsp3) is 0.211. The molecule has 0 bridgehead atoms. The van der Waals surface area contributed by atoms with Crippen molar-refractivity contribution in [2.24, 2.45) is 0 Å². The average Bonchev–Trinajstić information content (AvgIpc) is 2.68. The summed E-state index contributed by atoms with van der Waals surface area (Å²) in [6.07, 6.45) is 1.57. The maximum Gasteiger partial charge on any atom is 0.338 e. The van der Waals surface area contributed by atoms with Crippen molar-refractivity contribution >= 4 is 40.5 Å². The molecule has 3 aromatic rings. The third-order valence-electron chi connectivity index (χ3n) is 3.63. The van der Waals surface area contributed by atoms with E-state index < -0.39 is 5.97 Å². The van der Waals surface area contributed by atoms with Gasteiger partial charge in [-0.2, -0.15) is 0 Å². The van der Waals surface area contributed by atoms with E-state index in [2.05, 4.69) is 30.9 Å². The van der Waals surface area contributed by atoms with Gasteiger partial charge in [0.05, 0.1) is 18.4 Å². The number of rotatable bonds is 6. The van der Waals surface area contributed by atoms with Crippen LogP contribution in [0.1, 0.15) is 24.2 Å². The summed E-state index contributed by atoms with van der Waals surface area (Å²) in [5, 5.41) is 8.36. The molecule has 144 valence electrons. The van der Waals surface area contributed by atoms with E-state index in [0.29, 0.717) is 47.2 Å². The Labute approximate surface area is 161 Å². The monoisotopic (exact) mass is 380 g/mol. The standard InChI is InChI=1S/C19H20N6O3/c1-3-20-19(27)25-15-9-8-14-17(23-15)24-16(11-21-14)22-13-7-5-6-12(10-13)18(26)28-4-2/h5-11H,3-4H2,1-2H3,(H3,20,22,23,24,25,27). The molecule has 9 heteroatoms. The van der Waals surface area contributed by atoms with Gasteiger partial charge >= 0.3 is 12.0 Å². The second-order valence-electron chi connectivity index (χ2n) is 5.71. The first kappa shape index (κ1) is 19.0. The average molecular weight is 380 g/mol. The van der Waals surface area contributed by atoms with Crippen LogP contribution in [0.25, 0.3) is 11.2 Å². The van der Waals surface area contributed by atoms with Crippen molar-refractivity contribution in [2.45, 2.75) is 13.8 Å². The number of nitrogens with one attached hydrogen (secondary N) is 3. The Kier molecular flexibility index (Phi) is 5.95. The molecule has 2 amide bonds. The number of amides is 2. The summed E-state index contributed by atoms with van der Waals surface area (Å²) in [7, 11) is 0. The van der Waals surface area contributed by atoms with Crippen molar-refractivity contribution in [2.75, 3.05) is 23.8 Å². The van der Waals surface area contributed by atoms with Gasteiger partial charge in [0.1, 0.15) is 11.3 Å². The van der Waals surface area contributed by atoms with Crippen LogP contribution in [-0.2, 0) is 4.74 Å². The molecule has 28 heavy (non-hydrogen) atoms. The number of aromatic nitrogens is 3. The number of carbonyl (C=O) groups is 2. The number of hydrogen-bond donors (Lipinski definition) is 3. The number of esters is 1. The van der Waals surface area contributed by atoms with Gasteiger partial charge in [0.25, 0.3) is 0 Å². The van der Waals surface area contributed by atoms with Crippen LogP contribution in [0.2, 0.25) is 0 Å². The summed E-state index contributed by atoms with van der Waals surface area (Å²) in [6.45, 7) is 4.41. The van der Waals surface area contributed by atoms with Gasteiger partial charge in [-0.1, -0.05) is 6.07 Å². The third kappa shape index (κ3) is 4.70. The normalized spacial score (nSPS) is 10.4. The molecule has 0 aliphatic heterocycles. The summed E-state index contributed by atoms with van der Waals surface area (Å²) in [6, 6.07) is 9.93. The Morgan fingerprint density at radius 1 is 1.07 bits per heavy atom. The van der Waals surface area contributed by atoms with Crippen LogP contribution in [-0.4, -0.2) is 40.1 Å². The van der Waals surface area contributed by atoms with E-state index in [9.17, 15) is 9.59 Å². The molecule has 0 unspecified atom stereocenters. The molecule has 3 rings (SSSR count). The fourth-order valence-electron chi connectivity index (χ4n) is 2.43. The number of ether oxygens (including phenoxy) is 1. The largest absolute Gasteiger partial charge is 0.462 e. The maximum atomic E-state index is 11.9. The Morgan fingerprint density at radius 3 is 2.68 bits per heavy atom. The van der Waals surface area contributed by atoms with E-state index in [1.165, 1.54) is 0 Å². The van der Waals surface area contributed by atoms with Crippen LogP contribution < -0.4 is 16.0 Å². The van der Waals surface area contributed by atoms with E-state index >= 15 is 0 Å². The summed E-state index contributed by atoms with van der Waals surface area (Å²) >= 11 is 0. The maximum absolute atomic E-state index is 11.9. The topological polar surface area (TPSA) is 118 Å². The molecule has 0 saturated carbocycles. The lowest BCUT2D eigenvalue weighted by atomic mass is 10.2. The van der Waals surface area contributed by atoms with Crippen molar-refractivity contribution in [3.63, 3.8) is 0 Å². The minimum Gasteiger partial charge on any atom is -0.462 e. The minimum atomic E-state index is -0.390. The summed E-state index contributed by atoms with van der Waals surface area (Å²) in [5.41, 5.74) is 2.07.